The molecule has 3 N–H and O–H groups in total. The van der Waals surface area contributed by atoms with E-state index in [1.165, 1.54) is 0 Å². The molecule has 0 heterocycles. The molecule has 1 amide bonds. The summed E-state index contributed by atoms with van der Waals surface area (Å²) in [5.41, 5.74) is 6.47. The second kappa shape index (κ2) is 10.7. The summed E-state index contributed by atoms with van der Waals surface area (Å²) in [6.07, 6.45) is 1.15. The molecule has 1 atom stereocenters. The quantitative estimate of drug-likeness (QED) is 0.718. The first-order valence-corrected chi connectivity index (χ1v) is 7.26. The molecule has 0 fully saturated rings. The van der Waals surface area contributed by atoms with Crippen LogP contribution in [0.3, 0.4) is 0 Å². The highest BCUT2D eigenvalue weighted by atomic mass is 35.5. The Labute approximate surface area is 137 Å². The Morgan fingerprint density at radius 1 is 1.48 bits per heavy atom. The monoisotopic (exact) mass is 334 g/mol. The average Bonchev–Trinajstić information content (AvgIpc) is 2.44. The van der Waals surface area contributed by atoms with E-state index in [9.17, 15) is 4.79 Å². The molecule has 0 bridgehead atoms. The summed E-state index contributed by atoms with van der Waals surface area (Å²) in [6.45, 7) is 5.67. The van der Waals surface area contributed by atoms with Crippen LogP contribution >= 0.6 is 24.0 Å². The zero-order chi connectivity index (χ0) is 15.0. The largest absolute Gasteiger partial charge is 0.494 e. The Kier molecular flexibility index (Phi) is 10.2. The minimum Gasteiger partial charge on any atom is -0.494 e. The maximum Gasteiger partial charge on any atom is 0.220 e. The summed E-state index contributed by atoms with van der Waals surface area (Å²) in [5, 5.41) is 3.58. The lowest BCUT2D eigenvalue weighted by Crippen LogP contribution is -2.31. The van der Waals surface area contributed by atoms with E-state index in [-0.39, 0.29) is 18.3 Å². The van der Waals surface area contributed by atoms with Crippen molar-refractivity contribution in [1.82, 2.24) is 5.32 Å². The molecule has 0 aliphatic rings. The topological polar surface area (TPSA) is 64.3 Å². The van der Waals surface area contributed by atoms with E-state index in [1.807, 2.05) is 32.0 Å². The minimum absolute atomic E-state index is 0. The molecule has 21 heavy (non-hydrogen) atoms. The maximum atomic E-state index is 11.5. The number of nitrogens with two attached hydrogens (primary N) is 1. The number of nitrogens with one attached hydrogen (secondary N) is 1. The lowest BCUT2D eigenvalue weighted by molar-refractivity contribution is -0.121. The van der Waals surface area contributed by atoms with E-state index in [1.54, 1.807) is 0 Å². The first-order valence-electron chi connectivity index (χ1n) is 6.88. The van der Waals surface area contributed by atoms with Crippen molar-refractivity contribution in [2.45, 2.75) is 26.7 Å². The first-order chi connectivity index (χ1) is 9.52. The summed E-state index contributed by atoms with van der Waals surface area (Å²) >= 11 is 5.94. The van der Waals surface area contributed by atoms with Crippen LogP contribution < -0.4 is 15.8 Å². The highest BCUT2D eigenvalue weighted by molar-refractivity contribution is 6.31. The number of halogens is 2. The second-order valence-electron chi connectivity index (χ2n) is 5.01. The molecule has 1 rings (SSSR count). The van der Waals surface area contributed by atoms with E-state index >= 15 is 0 Å². The molecule has 0 radical (unpaired) electrons. The van der Waals surface area contributed by atoms with Gasteiger partial charge in [0.05, 0.1) is 6.61 Å². The fourth-order valence-electron chi connectivity index (χ4n) is 1.59. The van der Waals surface area contributed by atoms with Crippen molar-refractivity contribution in [3.63, 3.8) is 0 Å². The third-order valence-corrected chi connectivity index (χ3v) is 3.42. The predicted octanol–water partition coefficient (Wildman–Crippen LogP) is 2.94. The van der Waals surface area contributed by atoms with Gasteiger partial charge in [-0.2, -0.15) is 0 Å². The second-order valence-corrected chi connectivity index (χ2v) is 5.42. The zero-order valence-electron chi connectivity index (χ0n) is 12.5. The zero-order valence-corrected chi connectivity index (χ0v) is 14.1. The first kappa shape index (κ1) is 20.0. The summed E-state index contributed by atoms with van der Waals surface area (Å²) in [6, 6.07) is 5.54. The van der Waals surface area contributed by atoms with Crippen LogP contribution in [0.1, 0.15) is 25.3 Å². The third-order valence-electron chi connectivity index (χ3n) is 3.00. The van der Waals surface area contributed by atoms with Crippen LogP contribution in [0.2, 0.25) is 5.02 Å². The average molecular weight is 335 g/mol. The van der Waals surface area contributed by atoms with Gasteiger partial charge in [0.2, 0.25) is 5.91 Å². The van der Waals surface area contributed by atoms with Crippen molar-refractivity contribution in [3.8, 4) is 5.75 Å². The number of aryl methyl sites for hydroxylation is 1. The molecule has 1 unspecified atom stereocenters. The number of hydrogen-bond donors (Lipinski definition) is 2. The molecule has 1 aromatic rings. The van der Waals surface area contributed by atoms with Crippen molar-refractivity contribution in [2.75, 3.05) is 19.7 Å². The number of rotatable bonds is 8. The summed E-state index contributed by atoms with van der Waals surface area (Å²) < 4.78 is 5.58. The van der Waals surface area contributed by atoms with Crippen LogP contribution in [0.5, 0.6) is 5.75 Å². The standard InChI is InChI=1S/C15H23ClN2O2.ClH/c1-11(9-17)10-18-15(19)4-3-7-20-13-5-6-14(16)12(2)8-13;/h5-6,8,11H,3-4,7,9-10,17H2,1-2H3,(H,18,19);1H. The van der Waals surface area contributed by atoms with Gasteiger partial charge in [0.25, 0.3) is 0 Å². The van der Waals surface area contributed by atoms with Crippen molar-refractivity contribution in [1.29, 1.82) is 0 Å². The normalized spacial score (nSPS) is 11.4. The van der Waals surface area contributed by atoms with E-state index in [2.05, 4.69) is 5.32 Å². The third kappa shape index (κ3) is 8.15. The summed E-state index contributed by atoms with van der Waals surface area (Å²) in [4.78, 5) is 11.5. The van der Waals surface area contributed by atoms with E-state index in [0.29, 0.717) is 38.5 Å². The van der Waals surface area contributed by atoms with Gasteiger partial charge in [0.15, 0.2) is 0 Å². The lowest BCUT2D eigenvalue weighted by atomic mass is 10.2. The minimum atomic E-state index is 0. The van der Waals surface area contributed by atoms with Gasteiger partial charge in [-0.3, -0.25) is 4.79 Å². The fraction of sp³-hybridized carbons (Fsp3) is 0.533. The molecule has 0 saturated carbocycles. The van der Waals surface area contributed by atoms with Gasteiger partial charge in [0, 0.05) is 18.0 Å². The Balaban J connectivity index is 0.00000400. The molecule has 0 aromatic heterocycles. The van der Waals surface area contributed by atoms with E-state index < -0.39 is 0 Å². The number of amides is 1. The van der Waals surface area contributed by atoms with Crippen molar-refractivity contribution < 1.29 is 9.53 Å². The van der Waals surface area contributed by atoms with Crippen LogP contribution in [0.25, 0.3) is 0 Å². The van der Waals surface area contributed by atoms with Crippen LogP contribution in [0.15, 0.2) is 18.2 Å². The molecule has 1 aromatic carbocycles. The van der Waals surface area contributed by atoms with Crippen LogP contribution in [-0.4, -0.2) is 25.6 Å². The molecule has 4 nitrogen and oxygen atoms in total. The number of hydrogen-bond acceptors (Lipinski definition) is 3. The highest BCUT2D eigenvalue weighted by Gasteiger charge is 2.04. The molecule has 120 valence electrons. The van der Waals surface area contributed by atoms with Crippen LogP contribution in [0.4, 0.5) is 0 Å². The van der Waals surface area contributed by atoms with Gasteiger partial charge >= 0.3 is 0 Å². The Hall–Kier alpha value is -0.970. The Bertz CT molecular complexity index is 442. The van der Waals surface area contributed by atoms with Gasteiger partial charge in [-0.15, -0.1) is 12.4 Å². The number of ether oxygens (including phenoxy) is 1. The van der Waals surface area contributed by atoms with E-state index in [0.717, 1.165) is 16.3 Å². The number of benzene rings is 1. The smallest absolute Gasteiger partial charge is 0.220 e. The Morgan fingerprint density at radius 3 is 2.81 bits per heavy atom. The summed E-state index contributed by atoms with van der Waals surface area (Å²) in [7, 11) is 0. The number of carbonyl (C=O) groups is 1. The van der Waals surface area contributed by atoms with Gasteiger partial charge in [0.1, 0.15) is 5.75 Å². The van der Waals surface area contributed by atoms with E-state index in [4.69, 9.17) is 22.1 Å². The SMILES string of the molecule is Cc1cc(OCCCC(=O)NCC(C)CN)ccc1Cl.Cl. The predicted molar refractivity (Wildman–Crippen MR) is 89.4 cm³/mol. The molecule has 0 spiro atoms. The van der Waals surface area contributed by atoms with Gasteiger partial charge in [-0.05, 0) is 49.6 Å². The summed E-state index contributed by atoms with van der Waals surface area (Å²) in [5.74, 6) is 1.14. The molecule has 6 heteroatoms. The van der Waals surface area contributed by atoms with Gasteiger partial charge in [-0.1, -0.05) is 18.5 Å². The highest BCUT2D eigenvalue weighted by Crippen LogP contribution is 2.21. The maximum absolute atomic E-state index is 11.5. The molecular formula is C15H24Cl2N2O2. The fourth-order valence-corrected chi connectivity index (χ4v) is 1.71. The van der Waals surface area contributed by atoms with Crippen LogP contribution in [0, 0.1) is 12.8 Å². The molecule has 0 aliphatic carbocycles. The molecule has 0 saturated heterocycles. The van der Waals surface area contributed by atoms with Crippen molar-refractivity contribution >= 4 is 29.9 Å². The number of carbonyl (C=O) groups excluding carboxylic acids is 1. The molecular weight excluding hydrogens is 311 g/mol. The van der Waals surface area contributed by atoms with Crippen molar-refractivity contribution in [3.05, 3.63) is 28.8 Å². The lowest BCUT2D eigenvalue weighted by Gasteiger charge is -2.10. The molecule has 0 aliphatic heterocycles. The Morgan fingerprint density at radius 2 is 2.19 bits per heavy atom. The van der Waals surface area contributed by atoms with Gasteiger partial charge in [-0.25, -0.2) is 0 Å². The van der Waals surface area contributed by atoms with Gasteiger partial charge < -0.3 is 15.8 Å². The van der Waals surface area contributed by atoms with Crippen LogP contribution in [-0.2, 0) is 4.79 Å². The van der Waals surface area contributed by atoms with Crippen molar-refractivity contribution in [2.24, 2.45) is 11.7 Å².